The van der Waals surface area contributed by atoms with Crippen molar-refractivity contribution in [1.29, 1.82) is 0 Å². The molecular weight excluding hydrogens is 276 g/mol. The predicted molar refractivity (Wildman–Crippen MR) is 75.6 cm³/mol. The topological polar surface area (TPSA) is 38.0 Å². The fourth-order valence-electron chi connectivity index (χ4n) is 2.54. The van der Waals surface area contributed by atoms with Crippen molar-refractivity contribution >= 4 is 15.9 Å². The van der Waals surface area contributed by atoms with Gasteiger partial charge >= 0.3 is 0 Å². The van der Waals surface area contributed by atoms with Gasteiger partial charge in [-0.1, -0.05) is 47.3 Å². The van der Waals surface area contributed by atoms with E-state index in [4.69, 9.17) is 5.84 Å². The van der Waals surface area contributed by atoms with Gasteiger partial charge < -0.3 is 0 Å². The van der Waals surface area contributed by atoms with Gasteiger partial charge in [0, 0.05) is 10.5 Å². The molecule has 1 aromatic carbocycles. The van der Waals surface area contributed by atoms with Crippen molar-refractivity contribution in [1.82, 2.24) is 5.43 Å². The molecule has 2 nitrogen and oxygen atoms in total. The van der Waals surface area contributed by atoms with Gasteiger partial charge in [-0.15, -0.1) is 0 Å². The van der Waals surface area contributed by atoms with E-state index < -0.39 is 0 Å². The number of benzene rings is 1. The van der Waals surface area contributed by atoms with E-state index in [0.717, 1.165) is 12.3 Å². The molecule has 1 atom stereocenters. The normalized spacial score (nSPS) is 17.9. The first kappa shape index (κ1) is 13.1. The highest BCUT2D eigenvalue weighted by Crippen LogP contribution is 2.35. The van der Waals surface area contributed by atoms with Gasteiger partial charge in [-0.25, -0.2) is 0 Å². The Bertz CT molecular complexity index is 376. The van der Waals surface area contributed by atoms with Crippen molar-refractivity contribution in [2.24, 2.45) is 11.8 Å². The average Bonchev–Trinajstić information content (AvgIpc) is 2.24. The third-order valence-corrected chi connectivity index (χ3v) is 5.11. The van der Waals surface area contributed by atoms with E-state index in [0.29, 0.717) is 6.04 Å². The zero-order valence-electron chi connectivity index (χ0n) is 10.6. The molecule has 94 valence electrons. The van der Waals surface area contributed by atoms with Crippen LogP contribution in [0.2, 0.25) is 0 Å². The van der Waals surface area contributed by atoms with E-state index in [-0.39, 0.29) is 0 Å². The first-order chi connectivity index (χ1) is 8.11. The molecule has 0 aliphatic heterocycles. The van der Waals surface area contributed by atoms with Gasteiger partial charge in [-0.3, -0.25) is 11.3 Å². The molecule has 2 rings (SSSR count). The second-order valence-corrected chi connectivity index (χ2v) is 6.01. The Kier molecular flexibility index (Phi) is 4.23. The highest BCUT2D eigenvalue weighted by Gasteiger charge is 2.22. The Morgan fingerprint density at radius 1 is 1.35 bits per heavy atom. The van der Waals surface area contributed by atoms with Crippen LogP contribution in [0.4, 0.5) is 0 Å². The summed E-state index contributed by atoms with van der Waals surface area (Å²) in [5.41, 5.74) is 6.87. The minimum atomic E-state index is 0.297. The number of rotatable bonds is 4. The maximum atomic E-state index is 5.71. The molecule has 0 amide bonds. The lowest BCUT2D eigenvalue weighted by Crippen LogP contribution is -2.31. The van der Waals surface area contributed by atoms with Crippen molar-refractivity contribution in [3.63, 3.8) is 0 Å². The van der Waals surface area contributed by atoms with Gasteiger partial charge in [0.15, 0.2) is 0 Å². The van der Waals surface area contributed by atoms with Crippen LogP contribution < -0.4 is 11.3 Å². The summed E-state index contributed by atoms with van der Waals surface area (Å²) in [6.07, 6.45) is 5.29. The highest BCUT2D eigenvalue weighted by atomic mass is 79.9. The van der Waals surface area contributed by atoms with Crippen molar-refractivity contribution < 1.29 is 0 Å². The Morgan fingerprint density at radius 2 is 1.94 bits per heavy atom. The Hall–Kier alpha value is -0.380. The number of hydrogen-bond acceptors (Lipinski definition) is 2. The number of halogens is 1. The lowest BCUT2D eigenvalue weighted by molar-refractivity contribution is 0.262. The van der Waals surface area contributed by atoms with Gasteiger partial charge in [0.05, 0.1) is 0 Å². The molecule has 3 heteroatoms. The Morgan fingerprint density at radius 3 is 2.35 bits per heavy atom. The summed E-state index contributed by atoms with van der Waals surface area (Å²) in [4.78, 5) is 0. The molecule has 0 spiro atoms. The third-order valence-electron chi connectivity index (χ3n) is 3.86. The van der Waals surface area contributed by atoms with Crippen LogP contribution in [0.5, 0.6) is 0 Å². The van der Waals surface area contributed by atoms with Crippen LogP contribution in [0.1, 0.15) is 48.4 Å². The minimum Gasteiger partial charge on any atom is -0.271 e. The molecule has 17 heavy (non-hydrogen) atoms. The number of nitrogens with one attached hydrogen (secondary N) is 1. The standard InChI is InChI=1S/C14H21BrN2/c1-9-6-12(7-10(2)14(9)15)13(17-16)8-11-4-3-5-11/h6-7,11,13,17H,3-5,8,16H2,1-2H3. The largest absolute Gasteiger partial charge is 0.271 e. The number of hydrogen-bond donors (Lipinski definition) is 2. The quantitative estimate of drug-likeness (QED) is 0.656. The van der Waals surface area contributed by atoms with Crippen molar-refractivity contribution in [2.45, 2.75) is 45.6 Å². The zero-order valence-corrected chi connectivity index (χ0v) is 12.2. The highest BCUT2D eigenvalue weighted by molar-refractivity contribution is 9.10. The molecule has 1 aliphatic carbocycles. The Labute approximate surface area is 112 Å². The molecule has 3 N–H and O–H groups in total. The summed E-state index contributed by atoms with van der Waals surface area (Å²) in [6, 6.07) is 4.77. The molecule has 0 aromatic heterocycles. The third kappa shape index (κ3) is 2.90. The van der Waals surface area contributed by atoms with Crippen molar-refractivity contribution in [3.8, 4) is 0 Å². The second kappa shape index (κ2) is 5.51. The molecule has 1 saturated carbocycles. The smallest absolute Gasteiger partial charge is 0.0462 e. The summed E-state index contributed by atoms with van der Waals surface area (Å²) in [6.45, 7) is 4.27. The summed E-state index contributed by atoms with van der Waals surface area (Å²) in [5, 5.41) is 0. The molecule has 1 fully saturated rings. The number of aryl methyl sites for hydroxylation is 2. The van der Waals surface area contributed by atoms with Crippen molar-refractivity contribution in [3.05, 3.63) is 33.3 Å². The fourth-order valence-corrected chi connectivity index (χ4v) is 2.77. The maximum Gasteiger partial charge on any atom is 0.0462 e. The van der Waals surface area contributed by atoms with E-state index in [1.807, 2.05) is 0 Å². The van der Waals surface area contributed by atoms with Crippen LogP contribution in [0, 0.1) is 19.8 Å². The number of hydrazine groups is 1. The van der Waals surface area contributed by atoms with Crippen LogP contribution in [-0.2, 0) is 0 Å². The second-order valence-electron chi connectivity index (χ2n) is 5.22. The van der Waals surface area contributed by atoms with E-state index in [1.54, 1.807) is 0 Å². The molecule has 0 heterocycles. The minimum absolute atomic E-state index is 0.297. The SMILES string of the molecule is Cc1cc(C(CC2CCC2)NN)cc(C)c1Br. The first-order valence-electron chi connectivity index (χ1n) is 6.34. The zero-order chi connectivity index (χ0) is 12.4. The van der Waals surface area contributed by atoms with E-state index in [1.165, 1.54) is 40.4 Å². The van der Waals surface area contributed by atoms with Crippen LogP contribution in [0.3, 0.4) is 0 Å². The summed E-state index contributed by atoms with van der Waals surface area (Å²) in [5.74, 6) is 6.57. The summed E-state index contributed by atoms with van der Waals surface area (Å²) < 4.78 is 1.21. The molecule has 1 aliphatic rings. The van der Waals surface area contributed by atoms with Gasteiger partial charge in [0.1, 0.15) is 0 Å². The first-order valence-corrected chi connectivity index (χ1v) is 7.14. The van der Waals surface area contributed by atoms with Crippen LogP contribution >= 0.6 is 15.9 Å². The molecular formula is C14H21BrN2. The lowest BCUT2D eigenvalue weighted by Gasteiger charge is -2.30. The average molecular weight is 297 g/mol. The molecule has 0 saturated heterocycles. The van der Waals surface area contributed by atoms with Gasteiger partial charge in [0.25, 0.3) is 0 Å². The van der Waals surface area contributed by atoms with E-state index in [2.05, 4.69) is 47.3 Å². The maximum absolute atomic E-state index is 5.71. The molecule has 0 bridgehead atoms. The van der Waals surface area contributed by atoms with Crippen LogP contribution in [0.15, 0.2) is 16.6 Å². The van der Waals surface area contributed by atoms with Gasteiger partial charge in [-0.2, -0.15) is 0 Å². The monoisotopic (exact) mass is 296 g/mol. The lowest BCUT2D eigenvalue weighted by atomic mass is 9.79. The van der Waals surface area contributed by atoms with E-state index >= 15 is 0 Å². The number of nitrogens with two attached hydrogens (primary N) is 1. The predicted octanol–water partition coefficient (Wildman–Crippen LogP) is 3.76. The summed E-state index contributed by atoms with van der Waals surface area (Å²) >= 11 is 3.61. The molecule has 0 radical (unpaired) electrons. The van der Waals surface area contributed by atoms with Crippen molar-refractivity contribution in [2.75, 3.05) is 0 Å². The van der Waals surface area contributed by atoms with Crippen LogP contribution in [-0.4, -0.2) is 0 Å². The van der Waals surface area contributed by atoms with Crippen LogP contribution in [0.25, 0.3) is 0 Å². The molecule has 1 aromatic rings. The van der Waals surface area contributed by atoms with E-state index in [9.17, 15) is 0 Å². The van der Waals surface area contributed by atoms with Gasteiger partial charge in [-0.05, 0) is 42.9 Å². The fraction of sp³-hybridized carbons (Fsp3) is 0.571. The van der Waals surface area contributed by atoms with Gasteiger partial charge in [0.2, 0.25) is 0 Å². The Balaban J connectivity index is 2.17. The molecule has 1 unspecified atom stereocenters. The summed E-state index contributed by atoms with van der Waals surface area (Å²) in [7, 11) is 0.